The first-order valence-corrected chi connectivity index (χ1v) is 5.10. The number of pyridine rings is 1. The van der Waals surface area contributed by atoms with Gasteiger partial charge in [-0.3, -0.25) is 0 Å². The van der Waals surface area contributed by atoms with Crippen molar-refractivity contribution >= 4 is 5.82 Å². The monoisotopic (exact) mass is 192 g/mol. The highest BCUT2D eigenvalue weighted by Crippen LogP contribution is 2.21. The standard InChI is InChI=1S/C11H16N2O/c1-9-4-5-13(7-9)11-3-2-10(8-14)6-12-11/h2-3,6,9,14H,4-5,7-8H2,1H3. The van der Waals surface area contributed by atoms with Crippen molar-refractivity contribution in [2.45, 2.75) is 20.0 Å². The van der Waals surface area contributed by atoms with E-state index < -0.39 is 0 Å². The number of aliphatic hydroxyl groups is 1. The van der Waals surface area contributed by atoms with Crippen LogP contribution in [0.1, 0.15) is 18.9 Å². The average molecular weight is 192 g/mol. The van der Waals surface area contributed by atoms with Gasteiger partial charge in [-0.25, -0.2) is 4.98 Å². The maximum atomic E-state index is 8.88. The first-order valence-electron chi connectivity index (χ1n) is 5.10. The lowest BCUT2D eigenvalue weighted by Gasteiger charge is -2.16. The van der Waals surface area contributed by atoms with E-state index in [-0.39, 0.29) is 6.61 Å². The van der Waals surface area contributed by atoms with E-state index in [1.54, 1.807) is 6.20 Å². The van der Waals surface area contributed by atoms with Crippen LogP contribution < -0.4 is 4.90 Å². The highest BCUT2D eigenvalue weighted by atomic mass is 16.3. The van der Waals surface area contributed by atoms with Crippen LogP contribution in [0.3, 0.4) is 0 Å². The fraction of sp³-hybridized carbons (Fsp3) is 0.545. The molecule has 1 aromatic heterocycles. The summed E-state index contributed by atoms with van der Waals surface area (Å²) in [5, 5.41) is 8.88. The quantitative estimate of drug-likeness (QED) is 0.770. The van der Waals surface area contributed by atoms with Crippen LogP contribution in [0.2, 0.25) is 0 Å². The normalized spacial score (nSPS) is 21.6. The molecule has 0 amide bonds. The predicted octanol–water partition coefficient (Wildman–Crippen LogP) is 1.42. The molecule has 1 aliphatic rings. The lowest BCUT2D eigenvalue weighted by Crippen LogP contribution is -2.20. The van der Waals surface area contributed by atoms with Gasteiger partial charge in [0, 0.05) is 19.3 Å². The lowest BCUT2D eigenvalue weighted by molar-refractivity contribution is 0.281. The van der Waals surface area contributed by atoms with Crippen LogP contribution in [0, 0.1) is 5.92 Å². The Balaban J connectivity index is 2.09. The summed E-state index contributed by atoms with van der Waals surface area (Å²) in [5.41, 5.74) is 0.876. The molecular formula is C11H16N2O. The van der Waals surface area contributed by atoms with Crippen LogP contribution in [0.5, 0.6) is 0 Å². The van der Waals surface area contributed by atoms with Crippen molar-refractivity contribution in [2.24, 2.45) is 5.92 Å². The van der Waals surface area contributed by atoms with Crippen molar-refractivity contribution in [3.63, 3.8) is 0 Å². The van der Waals surface area contributed by atoms with Crippen molar-refractivity contribution in [1.82, 2.24) is 4.98 Å². The molecule has 1 saturated heterocycles. The maximum Gasteiger partial charge on any atom is 0.128 e. The van der Waals surface area contributed by atoms with Crippen LogP contribution in [0.4, 0.5) is 5.82 Å². The molecule has 2 rings (SSSR count). The third-order valence-electron chi connectivity index (χ3n) is 2.74. The molecule has 0 spiro atoms. The fourth-order valence-corrected chi connectivity index (χ4v) is 1.84. The number of aromatic nitrogens is 1. The van der Waals surface area contributed by atoms with Gasteiger partial charge in [0.25, 0.3) is 0 Å². The minimum absolute atomic E-state index is 0.0731. The van der Waals surface area contributed by atoms with E-state index in [2.05, 4.69) is 16.8 Å². The van der Waals surface area contributed by atoms with Gasteiger partial charge in [0.15, 0.2) is 0 Å². The first kappa shape index (κ1) is 9.46. The Morgan fingerprint density at radius 2 is 2.43 bits per heavy atom. The molecule has 1 aromatic rings. The fourth-order valence-electron chi connectivity index (χ4n) is 1.84. The molecule has 1 N–H and O–H groups in total. The molecule has 0 aromatic carbocycles. The second-order valence-corrected chi connectivity index (χ2v) is 4.02. The zero-order valence-electron chi connectivity index (χ0n) is 8.48. The van der Waals surface area contributed by atoms with Crippen molar-refractivity contribution < 1.29 is 5.11 Å². The summed E-state index contributed by atoms with van der Waals surface area (Å²) in [7, 11) is 0. The van der Waals surface area contributed by atoms with Crippen LogP contribution in [-0.4, -0.2) is 23.2 Å². The van der Waals surface area contributed by atoms with E-state index >= 15 is 0 Å². The molecular weight excluding hydrogens is 176 g/mol. The Morgan fingerprint density at radius 3 is 2.93 bits per heavy atom. The zero-order valence-corrected chi connectivity index (χ0v) is 8.48. The van der Waals surface area contributed by atoms with Crippen LogP contribution in [0.25, 0.3) is 0 Å². The summed E-state index contributed by atoms with van der Waals surface area (Å²) in [6.45, 7) is 4.55. The van der Waals surface area contributed by atoms with Gasteiger partial charge in [-0.05, 0) is 24.0 Å². The Bertz CT molecular complexity index is 297. The van der Waals surface area contributed by atoms with E-state index in [0.29, 0.717) is 0 Å². The van der Waals surface area contributed by atoms with Gasteiger partial charge in [0.1, 0.15) is 5.82 Å². The van der Waals surface area contributed by atoms with Gasteiger partial charge in [0.05, 0.1) is 6.61 Å². The lowest BCUT2D eigenvalue weighted by atomic mass is 10.2. The van der Waals surface area contributed by atoms with E-state index in [1.165, 1.54) is 6.42 Å². The molecule has 76 valence electrons. The van der Waals surface area contributed by atoms with E-state index in [1.807, 2.05) is 12.1 Å². The van der Waals surface area contributed by atoms with E-state index in [0.717, 1.165) is 30.4 Å². The highest BCUT2D eigenvalue weighted by molar-refractivity contribution is 5.40. The van der Waals surface area contributed by atoms with Crippen molar-refractivity contribution in [1.29, 1.82) is 0 Å². The third kappa shape index (κ3) is 1.87. The van der Waals surface area contributed by atoms with Crippen molar-refractivity contribution in [3.05, 3.63) is 23.9 Å². The molecule has 3 nitrogen and oxygen atoms in total. The topological polar surface area (TPSA) is 36.4 Å². The molecule has 1 atom stereocenters. The van der Waals surface area contributed by atoms with Crippen molar-refractivity contribution in [2.75, 3.05) is 18.0 Å². The van der Waals surface area contributed by atoms with Gasteiger partial charge >= 0.3 is 0 Å². The van der Waals surface area contributed by atoms with Crippen LogP contribution in [-0.2, 0) is 6.61 Å². The second kappa shape index (κ2) is 3.96. The first-order chi connectivity index (χ1) is 6.79. The number of hydrogen-bond acceptors (Lipinski definition) is 3. The molecule has 1 aliphatic heterocycles. The molecule has 0 aliphatic carbocycles. The largest absolute Gasteiger partial charge is 0.392 e. The van der Waals surface area contributed by atoms with Gasteiger partial charge in [-0.1, -0.05) is 13.0 Å². The molecule has 0 radical (unpaired) electrons. The Morgan fingerprint density at radius 1 is 1.57 bits per heavy atom. The summed E-state index contributed by atoms with van der Waals surface area (Å²) in [6, 6.07) is 3.93. The molecule has 1 fully saturated rings. The number of anilines is 1. The summed E-state index contributed by atoms with van der Waals surface area (Å²) in [5.74, 6) is 1.81. The van der Waals surface area contributed by atoms with Crippen molar-refractivity contribution in [3.8, 4) is 0 Å². The van der Waals surface area contributed by atoms with Gasteiger partial charge < -0.3 is 10.0 Å². The second-order valence-electron chi connectivity index (χ2n) is 4.02. The zero-order chi connectivity index (χ0) is 9.97. The number of aliphatic hydroxyl groups excluding tert-OH is 1. The maximum absolute atomic E-state index is 8.88. The highest BCUT2D eigenvalue weighted by Gasteiger charge is 2.19. The SMILES string of the molecule is CC1CCN(c2ccc(CO)cn2)C1. The molecule has 2 heterocycles. The Labute approximate surface area is 84.4 Å². The molecule has 14 heavy (non-hydrogen) atoms. The average Bonchev–Trinajstić information content (AvgIpc) is 2.65. The van der Waals surface area contributed by atoms with E-state index in [9.17, 15) is 0 Å². The summed E-state index contributed by atoms with van der Waals surface area (Å²) in [6.07, 6.45) is 3.00. The minimum atomic E-state index is 0.0731. The molecule has 0 saturated carbocycles. The number of rotatable bonds is 2. The minimum Gasteiger partial charge on any atom is -0.392 e. The Hall–Kier alpha value is -1.09. The summed E-state index contributed by atoms with van der Waals surface area (Å²) < 4.78 is 0. The smallest absolute Gasteiger partial charge is 0.128 e. The molecule has 0 bridgehead atoms. The van der Waals surface area contributed by atoms with E-state index in [4.69, 9.17) is 5.11 Å². The van der Waals surface area contributed by atoms with Crippen LogP contribution in [0.15, 0.2) is 18.3 Å². The van der Waals surface area contributed by atoms with Crippen LogP contribution >= 0.6 is 0 Å². The number of nitrogens with zero attached hydrogens (tertiary/aromatic N) is 2. The Kier molecular flexibility index (Phi) is 2.68. The third-order valence-corrected chi connectivity index (χ3v) is 2.74. The number of hydrogen-bond donors (Lipinski definition) is 1. The summed E-state index contributed by atoms with van der Waals surface area (Å²) in [4.78, 5) is 6.63. The summed E-state index contributed by atoms with van der Waals surface area (Å²) >= 11 is 0. The van der Waals surface area contributed by atoms with Gasteiger partial charge in [0.2, 0.25) is 0 Å². The molecule has 3 heteroatoms. The van der Waals surface area contributed by atoms with Gasteiger partial charge in [-0.2, -0.15) is 0 Å². The predicted molar refractivity (Wildman–Crippen MR) is 56.2 cm³/mol. The molecule has 1 unspecified atom stereocenters. The van der Waals surface area contributed by atoms with Gasteiger partial charge in [-0.15, -0.1) is 0 Å².